The minimum atomic E-state index is -0.417. The van der Waals surface area contributed by atoms with E-state index in [9.17, 15) is 14.9 Å². The van der Waals surface area contributed by atoms with E-state index in [2.05, 4.69) is 10.1 Å². The summed E-state index contributed by atoms with van der Waals surface area (Å²) in [6, 6.07) is 20.9. The van der Waals surface area contributed by atoms with Crippen LogP contribution in [-0.4, -0.2) is 20.8 Å². The molecule has 2 aromatic heterocycles. The van der Waals surface area contributed by atoms with E-state index >= 15 is 0 Å². The third-order valence-corrected chi connectivity index (χ3v) is 8.08. The number of fused-ring (bicyclic) bond motifs is 1. The molecule has 0 aliphatic carbocycles. The maximum absolute atomic E-state index is 13.6. The Hall–Kier alpha value is -3.50. The normalized spacial score (nSPS) is 11.4. The van der Waals surface area contributed by atoms with Gasteiger partial charge in [0.2, 0.25) is 0 Å². The molecule has 7 nitrogen and oxygen atoms in total. The van der Waals surface area contributed by atoms with Gasteiger partial charge in [-0.05, 0) is 23.8 Å². The summed E-state index contributed by atoms with van der Waals surface area (Å²) in [6.07, 6.45) is 2.81. The van der Waals surface area contributed by atoms with Crippen molar-refractivity contribution in [1.29, 1.82) is 0 Å². The average Bonchev–Trinajstić information content (AvgIpc) is 3.24. The van der Waals surface area contributed by atoms with Crippen molar-refractivity contribution < 1.29 is 4.92 Å². The fraction of sp³-hybridized carbons (Fsp3) is 0. The number of aromatic nitrogens is 2. The van der Waals surface area contributed by atoms with Gasteiger partial charge in [0.15, 0.2) is 0 Å². The van der Waals surface area contributed by atoms with Crippen LogP contribution >= 0.6 is 46.3 Å². The van der Waals surface area contributed by atoms with Gasteiger partial charge in [-0.25, -0.2) is 4.98 Å². The average molecular weight is 553 g/mol. The minimum Gasteiger partial charge on any atom is -0.267 e. The second-order valence-corrected chi connectivity index (χ2v) is 10.6. The Morgan fingerprint density at radius 1 is 1.06 bits per heavy atom. The van der Waals surface area contributed by atoms with Gasteiger partial charge in [-0.3, -0.25) is 14.9 Å². The highest BCUT2D eigenvalue weighted by Gasteiger charge is 2.22. The van der Waals surface area contributed by atoms with Crippen LogP contribution in [-0.2, 0) is 0 Å². The summed E-state index contributed by atoms with van der Waals surface area (Å²) in [7, 11) is 0. The molecule has 3 aromatic carbocycles. The molecule has 0 N–H and O–H groups in total. The van der Waals surface area contributed by atoms with Gasteiger partial charge in [-0.15, -0.1) is 11.3 Å². The number of rotatable bonds is 6. The Bertz CT molecular complexity index is 1700. The molecule has 0 aliphatic heterocycles. The van der Waals surface area contributed by atoms with Crippen LogP contribution in [0, 0.1) is 10.1 Å². The lowest BCUT2D eigenvalue weighted by molar-refractivity contribution is -0.387. The highest BCUT2D eigenvalue weighted by molar-refractivity contribution is 8.01. The predicted molar refractivity (Wildman–Crippen MR) is 146 cm³/mol. The lowest BCUT2D eigenvalue weighted by Gasteiger charge is -2.06. The Balaban J connectivity index is 1.67. The molecule has 0 unspecified atom stereocenters. The minimum absolute atomic E-state index is 0.00576. The van der Waals surface area contributed by atoms with E-state index in [1.54, 1.807) is 36.4 Å². The second kappa shape index (κ2) is 10.2. The SMILES string of the molecule is O=c1c2c(-c3ccccc3)c(Sc3ccccc3[N+](=O)[O-])sc2ncn1N=Cc1ccc(Cl)cc1Cl. The summed E-state index contributed by atoms with van der Waals surface area (Å²) in [6.45, 7) is 0. The van der Waals surface area contributed by atoms with E-state index in [1.807, 2.05) is 30.3 Å². The van der Waals surface area contributed by atoms with Crippen molar-refractivity contribution in [3.63, 3.8) is 0 Å². The van der Waals surface area contributed by atoms with Crippen molar-refractivity contribution in [2.24, 2.45) is 5.10 Å². The van der Waals surface area contributed by atoms with Crippen LogP contribution in [0.25, 0.3) is 21.3 Å². The Morgan fingerprint density at radius 3 is 2.56 bits per heavy atom. The maximum Gasteiger partial charge on any atom is 0.283 e. The molecule has 0 aliphatic rings. The van der Waals surface area contributed by atoms with Gasteiger partial charge in [0.1, 0.15) is 11.2 Å². The summed E-state index contributed by atoms with van der Waals surface area (Å²) >= 11 is 14.7. The molecule has 0 saturated carbocycles. The first-order chi connectivity index (χ1) is 17.4. The van der Waals surface area contributed by atoms with Gasteiger partial charge < -0.3 is 0 Å². The quantitative estimate of drug-likeness (QED) is 0.124. The smallest absolute Gasteiger partial charge is 0.267 e. The van der Waals surface area contributed by atoms with Gasteiger partial charge in [-0.1, -0.05) is 83.5 Å². The molecule has 0 radical (unpaired) electrons. The van der Waals surface area contributed by atoms with Crippen molar-refractivity contribution in [1.82, 2.24) is 9.66 Å². The van der Waals surface area contributed by atoms with E-state index < -0.39 is 4.92 Å². The fourth-order valence-corrected chi connectivity index (χ4v) is 6.44. The first-order valence-electron chi connectivity index (χ1n) is 10.4. The lowest BCUT2D eigenvalue weighted by atomic mass is 10.1. The molecule has 0 amide bonds. The fourth-order valence-electron chi connectivity index (χ4n) is 3.51. The Kier molecular flexibility index (Phi) is 6.88. The molecule has 2 heterocycles. The molecular formula is C25H14Cl2N4O3S2. The van der Waals surface area contributed by atoms with Crippen LogP contribution in [0.4, 0.5) is 5.69 Å². The van der Waals surface area contributed by atoms with Gasteiger partial charge in [0, 0.05) is 22.2 Å². The van der Waals surface area contributed by atoms with Gasteiger partial charge >= 0.3 is 0 Å². The zero-order valence-electron chi connectivity index (χ0n) is 18.2. The molecule has 5 aromatic rings. The van der Waals surface area contributed by atoms with Gasteiger partial charge in [0.05, 0.1) is 30.7 Å². The highest BCUT2D eigenvalue weighted by Crippen LogP contribution is 2.46. The largest absolute Gasteiger partial charge is 0.283 e. The van der Waals surface area contributed by atoms with Crippen molar-refractivity contribution in [3.05, 3.63) is 115 Å². The van der Waals surface area contributed by atoms with E-state index in [0.29, 0.717) is 36.3 Å². The number of hydrogen-bond donors (Lipinski definition) is 0. The van der Waals surface area contributed by atoms with Crippen LogP contribution in [0.15, 0.2) is 98.1 Å². The molecule has 0 spiro atoms. The van der Waals surface area contributed by atoms with E-state index in [0.717, 1.165) is 14.4 Å². The first-order valence-corrected chi connectivity index (χ1v) is 12.8. The van der Waals surface area contributed by atoms with Crippen LogP contribution < -0.4 is 5.56 Å². The number of nitrogens with zero attached hydrogens (tertiary/aromatic N) is 4. The van der Waals surface area contributed by atoms with Crippen LogP contribution in [0.5, 0.6) is 0 Å². The molecule has 11 heteroatoms. The summed E-state index contributed by atoms with van der Waals surface area (Å²) in [5, 5.41) is 17.1. The molecular weight excluding hydrogens is 539 g/mol. The monoisotopic (exact) mass is 552 g/mol. The highest BCUT2D eigenvalue weighted by atomic mass is 35.5. The van der Waals surface area contributed by atoms with Crippen molar-refractivity contribution in [3.8, 4) is 11.1 Å². The molecule has 0 saturated heterocycles. The van der Waals surface area contributed by atoms with Gasteiger partial charge in [-0.2, -0.15) is 9.78 Å². The van der Waals surface area contributed by atoms with Gasteiger partial charge in [0.25, 0.3) is 11.2 Å². The number of halogens is 2. The lowest BCUT2D eigenvalue weighted by Crippen LogP contribution is -2.16. The zero-order chi connectivity index (χ0) is 25.2. The Labute approximate surface area is 222 Å². The van der Waals surface area contributed by atoms with E-state index in [-0.39, 0.29) is 11.2 Å². The predicted octanol–water partition coefficient (Wildman–Crippen LogP) is 7.37. The molecule has 178 valence electrons. The number of nitro groups is 1. The van der Waals surface area contributed by atoms with E-state index in [1.165, 1.54) is 41.7 Å². The summed E-state index contributed by atoms with van der Waals surface area (Å²) in [5.41, 5.74) is 1.67. The number of para-hydroxylation sites is 1. The number of nitro benzene ring substituents is 1. The van der Waals surface area contributed by atoms with E-state index in [4.69, 9.17) is 23.2 Å². The van der Waals surface area contributed by atoms with Crippen LogP contribution in [0.2, 0.25) is 10.0 Å². The van der Waals surface area contributed by atoms with Crippen LogP contribution in [0.3, 0.4) is 0 Å². The molecule has 0 bridgehead atoms. The van der Waals surface area contributed by atoms with Crippen molar-refractivity contribution >= 4 is 68.4 Å². The zero-order valence-corrected chi connectivity index (χ0v) is 21.3. The molecule has 0 fully saturated rings. The first kappa shape index (κ1) is 24.2. The number of hydrogen-bond acceptors (Lipinski definition) is 7. The molecule has 5 rings (SSSR count). The summed E-state index contributed by atoms with van der Waals surface area (Å²) in [5.74, 6) is 0. The molecule has 0 atom stereocenters. The maximum atomic E-state index is 13.6. The third-order valence-electron chi connectivity index (χ3n) is 5.17. The third kappa shape index (κ3) is 4.78. The van der Waals surface area contributed by atoms with Crippen molar-refractivity contribution in [2.45, 2.75) is 9.10 Å². The van der Waals surface area contributed by atoms with Crippen LogP contribution in [0.1, 0.15) is 5.56 Å². The summed E-state index contributed by atoms with van der Waals surface area (Å²) < 4.78 is 1.86. The number of benzene rings is 3. The summed E-state index contributed by atoms with van der Waals surface area (Å²) in [4.78, 5) is 30.2. The topological polar surface area (TPSA) is 90.4 Å². The molecule has 36 heavy (non-hydrogen) atoms. The second-order valence-electron chi connectivity index (χ2n) is 7.44. The standard InChI is InChI=1S/C25H14Cl2N4O3S2/c26-17-11-10-16(18(27)12-17)13-29-30-14-28-23-22(24(30)32)21(15-6-2-1-3-7-15)25(36-23)35-20-9-5-4-8-19(20)31(33)34/h1-14H. The number of thiophene rings is 1. The Morgan fingerprint density at radius 2 is 1.81 bits per heavy atom. The van der Waals surface area contributed by atoms with Crippen molar-refractivity contribution in [2.75, 3.05) is 0 Å².